The second-order valence-electron chi connectivity index (χ2n) is 7.70. The zero-order valence-corrected chi connectivity index (χ0v) is 17.4. The molecule has 156 valence electrons. The van der Waals surface area contributed by atoms with E-state index in [2.05, 4.69) is 0 Å². The minimum atomic E-state index is 0.103. The summed E-state index contributed by atoms with van der Waals surface area (Å²) in [5.74, 6) is 1.54. The lowest BCUT2D eigenvalue weighted by atomic mass is 9.92. The van der Waals surface area contributed by atoms with Crippen LogP contribution in [0.2, 0.25) is 0 Å². The summed E-state index contributed by atoms with van der Waals surface area (Å²) in [7, 11) is 3.20. The molecule has 2 aromatic carbocycles. The number of likely N-dealkylation sites (tertiary alicyclic amines) is 1. The fraction of sp³-hybridized carbons (Fsp3) is 0.333. The summed E-state index contributed by atoms with van der Waals surface area (Å²) in [5.41, 5.74) is 9.78. The number of anilines is 1. The van der Waals surface area contributed by atoms with Crippen molar-refractivity contribution in [1.29, 1.82) is 0 Å². The lowest BCUT2D eigenvalue weighted by molar-refractivity contribution is -0.131. The van der Waals surface area contributed by atoms with Gasteiger partial charge in [-0.3, -0.25) is 9.78 Å². The molecule has 6 heteroatoms. The number of ether oxygens (including phenoxy) is 2. The highest BCUT2D eigenvalue weighted by Crippen LogP contribution is 2.32. The molecule has 1 atom stereocenters. The van der Waals surface area contributed by atoms with Crippen molar-refractivity contribution in [1.82, 2.24) is 9.88 Å². The van der Waals surface area contributed by atoms with Gasteiger partial charge < -0.3 is 20.1 Å². The zero-order chi connectivity index (χ0) is 21.1. The van der Waals surface area contributed by atoms with E-state index in [0.29, 0.717) is 30.2 Å². The van der Waals surface area contributed by atoms with Crippen molar-refractivity contribution in [3.05, 3.63) is 59.8 Å². The average molecular weight is 405 g/mol. The lowest BCUT2D eigenvalue weighted by Gasteiger charge is -2.33. The fourth-order valence-electron chi connectivity index (χ4n) is 4.18. The van der Waals surface area contributed by atoms with Crippen LogP contribution >= 0.6 is 0 Å². The van der Waals surface area contributed by atoms with Crippen LogP contribution in [0.5, 0.6) is 11.5 Å². The van der Waals surface area contributed by atoms with Crippen LogP contribution in [0.25, 0.3) is 10.9 Å². The maximum Gasteiger partial charge on any atom is 0.227 e. The highest BCUT2D eigenvalue weighted by molar-refractivity contribution is 5.82. The molecule has 0 bridgehead atoms. The molecule has 0 aliphatic carbocycles. The molecule has 1 fully saturated rings. The Labute approximate surface area is 176 Å². The van der Waals surface area contributed by atoms with E-state index in [1.807, 2.05) is 53.4 Å². The third-order valence-electron chi connectivity index (χ3n) is 5.75. The number of para-hydroxylation sites is 1. The van der Waals surface area contributed by atoms with Crippen LogP contribution in [0.1, 0.15) is 30.0 Å². The third kappa shape index (κ3) is 4.03. The summed E-state index contributed by atoms with van der Waals surface area (Å²) in [6, 6.07) is 15.6. The Morgan fingerprint density at radius 1 is 1.13 bits per heavy atom. The van der Waals surface area contributed by atoms with Gasteiger partial charge in [-0.25, -0.2) is 0 Å². The molecular weight excluding hydrogens is 378 g/mol. The van der Waals surface area contributed by atoms with Crippen LogP contribution in [0.15, 0.2) is 48.5 Å². The van der Waals surface area contributed by atoms with Crippen LogP contribution in [0, 0.1) is 0 Å². The van der Waals surface area contributed by atoms with Crippen molar-refractivity contribution in [2.24, 2.45) is 0 Å². The largest absolute Gasteiger partial charge is 0.493 e. The number of nitrogens with zero attached hydrogens (tertiary/aromatic N) is 2. The quantitative estimate of drug-likeness (QED) is 0.699. The number of aromatic nitrogens is 1. The predicted molar refractivity (Wildman–Crippen MR) is 118 cm³/mol. The topological polar surface area (TPSA) is 77.7 Å². The van der Waals surface area contributed by atoms with Gasteiger partial charge in [0.2, 0.25) is 5.91 Å². The van der Waals surface area contributed by atoms with Crippen molar-refractivity contribution < 1.29 is 14.3 Å². The molecule has 0 saturated carbocycles. The number of carbonyl (C=O) groups excluding carboxylic acids is 1. The summed E-state index contributed by atoms with van der Waals surface area (Å²) in [6.45, 7) is 1.40. The highest BCUT2D eigenvalue weighted by atomic mass is 16.5. The molecule has 1 saturated heterocycles. The van der Waals surface area contributed by atoms with E-state index in [-0.39, 0.29) is 11.8 Å². The van der Waals surface area contributed by atoms with Crippen molar-refractivity contribution in [3.63, 3.8) is 0 Å². The van der Waals surface area contributed by atoms with Gasteiger partial charge in [-0.2, -0.15) is 0 Å². The Hall–Kier alpha value is -3.28. The van der Waals surface area contributed by atoms with Crippen LogP contribution in [-0.4, -0.2) is 43.1 Å². The monoisotopic (exact) mass is 405 g/mol. The van der Waals surface area contributed by atoms with Crippen LogP contribution < -0.4 is 15.2 Å². The van der Waals surface area contributed by atoms with E-state index < -0.39 is 0 Å². The molecule has 0 unspecified atom stereocenters. The first kappa shape index (κ1) is 20.0. The minimum absolute atomic E-state index is 0.103. The number of pyridine rings is 1. The van der Waals surface area contributed by atoms with Crippen molar-refractivity contribution in [2.75, 3.05) is 33.0 Å². The van der Waals surface area contributed by atoms with E-state index in [1.54, 1.807) is 14.2 Å². The molecule has 2 N–H and O–H groups in total. The lowest BCUT2D eigenvalue weighted by Crippen LogP contribution is -2.40. The van der Waals surface area contributed by atoms with Gasteiger partial charge in [0.05, 0.1) is 37.5 Å². The molecule has 0 spiro atoms. The predicted octanol–water partition coefficient (Wildman–Crippen LogP) is 3.78. The third-order valence-corrected chi connectivity index (χ3v) is 5.75. The zero-order valence-electron chi connectivity index (χ0n) is 17.4. The van der Waals surface area contributed by atoms with Crippen molar-refractivity contribution in [3.8, 4) is 11.5 Å². The highest BCUT2D eigenvalue weighted by Gasteiger charge is 2.27. The van der Waals surface area contributed by atoms with Gasteiger partial charge in [-0.15, -0.1) is 0 Å². The number of rotatable bonds is 5. The molecule has 3 aromatic rings. The van der Waals surface area contributed by atoms with E-state index in [0.717, 1.165) is 41.5 Å². The number of benzene rings is 2. The van der Waals surface area contributed by atoms with E-state index in [9.17, 15) is 4.79 Å². The van der Waals surface area contributed by atoms with E-state index in [1.165, 1.54) is 0 Å². The first-order chi connectivity index (χ1) is 14.6. The van der Waals surface area contributed by atoms with Crippen LogP contribution in [0.3, 0.4) is 0 Å². The summed E-state index contributed by atoms with van der Waals surface area (Å²) in [5, 5.41) is 1.04. The summed E-state index contributed by atoms with van der Waals surface area (Å²) in [6.07, 6.45) is 2.25. The molecule has 2 heterocycles. The SMILES string of the molecule is COc1ccc(CC(=O)N2CCC[C@H](c3nc4ccccc4cc3N)C2)cc1OC. The Kier molecular flexibility index (Phi) is 5.74. The van der Waals surface area contributed by atoms with Crippen LogP contribution in [0.4, 0.5) is 5.69 Å². The number of hydrogen-bond acceptors (Lipinski definition) is 5. The van der Waals surface area contributed by atoms with Gasteiger partial charge in [0, 0.05) is 24.4 Å². The number of fused-ring (bicyclic) bond motifs is 1. The van der Waals surface area contributed by atoms with Gasteiger partial charge in [0.15, 0.2) is 11.5 Å². The standard InChI is InChI=1S/C24H27N3O3/c1-29-21-10-9-16(12-22(21)30-2)13-23(28)27-11-5-7-18(15-27)24-19(25)14-17-6-3-4-8-20(17)26-24/h3-4,6,8-10,12,14,18H,5,7,11,13,15,25H2,1-2H3/t18-/m0/s1. The van der Waals surface area contributed by atoms with E-state index >= 15 is 0 Å². The Bertz CT molecular complexity index is 1070. The van der Waals surface area contributed by atoms with Crippen LogP contribution in [-0.2, 0) is 11.2 Å². The number of amides is 1. The van der Waals surface area contributed by atoms with Gasteiger partial charge in [-0.05, 0) is 42.7 Å². The van der Waals surface area contributed by atoms with Gasteiger partial charge >= 0.3 is 0 Å². The number of nitrogens with two attached hydrogens (primary N) is 1. The molecule has 1 aliphatic rings. The molecule has 1 aromatic heterocycles. The molecule has 1 amide bonds. The Morgan fingerprint density at radius 3 is 2.73 bits per heavy atom. The first-order valence-electron chi connectivity index (χ1n) is 10.2. The smallest absolute Gasteiger partial charge is 0.227 e. The van der Waals surface area contributed by atoms with Gasteiger partial charge in [0.25, 0.3) is 0 Å². The fourth-order valence-corrected chi connectivity index (χ4v) is 4.18. The molecule has 6 nitrogen and oxygen atoms in total. The Balaban J connectivity index is 1.50. The van der Waals surface area contributed by atoms with Crippen molar-refractivity contribution in [2.45, 2.75) is 25.2 Å². The number of carbonyl (C=O) groups is 1. The molecular formula is C24H27N3O3. The second-order valence-corrected chi connectivity index (χ2v) is 7.70. The summed E-state index contributed by atoms with van der Waals surface area (Å²) >= 11 is 0. The maximum absolute atomic E-state index is 13.0. The molecule has 30 heavy (non-hydrogen) atoms. The maximum atomic E-state index is 13.0. The molecule has 4 rings (SSSR count). The Morgan fingerprint density at radius 2 is 1.93 bits per heavy atom. The number of methoxy groups -OCH3 is 2. The van der Waals surface area contributed by atoms with Crippen molar-refractivity contribution >= 4 is 22.5 Å². The average Bonchev–Trinajstić information content (AvgIpc) is 2.78. The normalized spacial score (nSPS) is 16.5. The summed E-state index contributed by atoms with van der Waals surface area (Å²) < 4.78 is 10.6. The molecule has 1 aliphatic heterocycles. The van der Waals surface area contributed by atoms with Gasteiger partial charge in [0.1, 0.15) is 0 Å². The number of hydrogen-bond donors (Lipinski definition) is 1. The minimum Gasteiger partial charge on any atom is -0.493 e. The second kappa shape index (κ2) is 8.61. The molecule has 0 radical (unpaired) electrons. The first-order valence-corrected chi connectivity index (χ1v) is 10.2. The number of piperidine rings is 1. The van der Waals surface area contributed by atoms with E-state index in [4.69, 9.17) is 20.2 Å². The van der Waals surface area contributed by atoms with Gasteiger partial charge in [-0.1, -0.05) is 24.3 Å². The summed E-state index contributed by atoms with van der Waals surface area (Å²) in [4.78, 5) is 19.8. The number of nitrogen functional groups attached to an aromatic ring is 1.